The Morgan fingerprint density at radius 3 is 2.50 bits per heavy atom. The molecule has 0 bridgehead atoms. The number of hydrogen-bond donors (Lipinski definition) is 0. The van der Waals surface area contributed by atoms with E-state index in [2.05, 4.69) is 31.0 Å². The van der Waals surface area contributed by atoms with E-state index in [0.29, 0.717) is 23.3 Å². The van der Waals surface area contributed by atoms with Crippen molar-refractivity contribution < 1.29 is 4.21 Å². The van der Waals surface area contributed by atoms with E-state index in [0.717, 1.165) is 5.82 Å². The zero-order valence-corrected chi connectivity index (χ0v) is 11.7. The first kappa shape index (κ1) is 13.6. The van der Waals surface area contributed by atoms with Crippen molar-refractivity contribution >= 4 is 22.4 Å². The summed E-state index contributed by atoms with van der Waals surface area (Å²) in [6.45, 7) is 8.69. The molecule has 1 rings (SSSR count). The van der Waals surface area contributed by atoms with Crippen LogP contribution in [0.2, 0.25) is 5.28 Å². The molecule has 0 aliphatic carbocycles. The van der Waals surface area contributed by atoms with Crippen LogP contribution in [0.1, 0.15) is 33.5 Å². The zero-order valence-electron chi connectivity index (χ0n) is 10.2. The van der Waals surface area contributed by atoms with Crippen LogP contribution in [0.25, 0.3) is 0 Å². The van der Waals surface area contributed by atoms with Crippen molar-refractivity contribution in [3.05, 3.63) is 11.1 Å². The summed E-state index contributed by atoms with van der Waals surface area (Å²) in [6, 6.07) is 0. The maximum absolute atomic E-state index is 11.4. The second-order valence-electron chi connectivity index (χ2n) is 4.63. The summed E-state index contributed by atoms with van der Waals surface area (Å²) in [5.74, 6) is 2.10. The SMILES string of the molecule is CCS(=O)CCn1c(Cl)nnc1C(C)(C)C. The Hall–Kier alpha value is -0.420. The van der Waals surface area contributed by atoms with E-state index in [1.54, 1.807) is 0 Å². The van der Waals surface area contributed by atoms with Crippen molar-refractivity contribution in [2.24, 2.45) is 0 Å². The Morgan fingerprint density at radius 2 is 2.00 bits per heavy atom. The number of halogens is 1. The van der Waals surface area contributed by atoms with Crippen LogP contribution in [0.15, 0.2) is 0 Å². The third kappa shape index (κ3) is 3.28. The van der Waals surface area contributed by atoms with Crippen molar-refractivity contribution in [2.45, 2.75) is 39.7 Å². The molecule has 1 aromatic heterocycles. The minimum atomic E-state index is -0.790. The van der Waals surface area contributed by atoms with Gasteiger partial charge in [0.2, 0.25) is 5.28 Å². The highest BCUT2D eigenvalue weighted by Gasteiger charge is 2.23. The minimum Gasteiger partial charge on any atom is -0.300 e. The molecular formula is C10H18ClN3OS. The van der Waals surface area contributed by atoms with Gasteiger partial charge in [0.15, 0.2) is 0 Å². The van der Waals surface area contributed by atoms with Crippen LogP contribution in [-0.4, -0.2) is 30.5 Å². The van der Waals surface area contributed by atoms with Gasteiger partial charge < -0.3 is 4.57 Å². The monoisotopic (exact) mass is 263 g/mol. The van der Waals surface area contributed by atoms with E-state index >= 15 is 0 Å². The first-order valence-electron chi connectivity index (χ1n) is 5.30. The van der Waals surface area contributed by atoms with Gasteiger partial charge in [-0.05, 0) is 11.6 Å². The van der Waals surface area contributed by atoms with Crippen LogP contribution in [0.5, 0.6) is 0 Å². The standard InChI is InChI=1S/C10H18ClN3OS/c1-5-16(15)7-6-14-8(10(2,3)4)12-13-9(14)11/h5-7H2,1-4H3. The number of hydrogen-bond acceptors (Lipinski definition) is 3. The number of nitrogens with zero attached hydrogens (tertiary/aromatic N) is 3. The van der Waals surface area contributed by atoms with Gasteiger partial charge in [0.05, 0.1) is 0 Å². The Bertz CT molecular complexity index is 384. The summed E-state index contributed by atoms with van der Waals surface area (Å²) in [4.78, 5) is 0. The van der Waals surface area contributed by atoms with Crippen molar-refractivity contribution in [3.8, 4) is 0 Å². The molecule has 0 N–H and O–H groups in total. The Kier molecular flexibility index (Phi) is 4.50. The highest BCUT2D eigenvalue weighted by molar-refractivity contribution is 7.84. The van der Waals surface area contributed by atoms with Crippen LogP contribution >= 0.6 is 11.6 Å². The predicted octanol–water partition coefficient (Wildman–Crippen LogP) is 2.00. The predicted molar refractivity (Wildman–Crippen MR) is 67.3 cm³/mol. The summed E-state index contributed by atoms with van der Waals surface area (Å²) in [6.07, 6.45) is 0. The van der Waals surface area contributed by atoms with E-state index in [9.17, 15) is 4.21 Å². The Morgan fingerprint density at radius 1 is 1.38 bits per heavy atom. The first-order valence-corrected chi connectivity index (χ1v) is 7.17. The lowest BCUT2D eigenvalue weighted by Crippen LogP contribution is -2.21. The van der Waals surface area contributed by atoms with E-state index < -0.39 is 10.8 Å². The molecule has 0 saturated heterocycles. The van der Waals surface area contributed by atoms with Crippen LogP contribution in [0.4, 0.5) is 0 Å². The fourth-order valence-electron chi connectivity index (χ4n) is 1.37. The maximum atomic E-state index is 11.4. The molecule has 0 aliphatic heterocycles. The molecule has 16 heavy (non-hydrogen) atoms. The number of rotatable bonds is 4. The van der Waals surface area contributed by atoms with Crippen molar-refractivity contribution in [1.82, 2.24) is 14.8 Å². The van der Waals surface area contributed by atoms with Gasteiger partial charge in [-0.1, -0.05) is 27.7 Å². The molecule has 92 valence electrons. The van der Waals surface area contributed by atoms with Crippen LogP contribution < -0.4 is 0 Å². The highest BCUT2D eigenvalue weighted by atomic mass is 35.5. The van der Waals surface area contributed by atoms with Gasteiger partial charge in [0.1, 0.15) is 5.82 Å². The molecule has 1 heterocycles. The van der Waals surface area contributed by atoms with Gasteiger partial charge in [-0.25, -0.2) is 0 Å². The van der Waals surface area contributed by atoms with Crippen LogP contribution in [0, 0.1) is 0 Å². The lowest BCUT2D eigenvalue weighted by Gasteiger charge is -2.18. The molecule has 4 nitrogen and oxygen atoms in total. The smallest absolute Gasteiger partial charge is 0.225 e. The van der Waals surface area contributed by atoms with E-state index in [-0.39, 0.29) is 5.41 Å². The van der Waals surface area contributed by atoms with Gasteiger partial charge >= 0.3 is 0 Å². The first-order chi connectivity index (χ1) is 7.36. The average molecular weight is 264 g/mol. The van der Waals surface area contributed by atoms with Crippen molar-refractivity contribution in [3.63, 3.8) is 0 Å². The van der Waals surface area contributed by atoms with Crippen molar-refractivity contribution in [1.29, 1.82) is 0 Å². The molecule has 0 radical (unpaired) electrons. The quantitative estimate of drug-likeness (QED) is 0.835. The Labute approximate surface area is 104 Å². The van der Waals surface area contributed by atoms with E-state index in [4.69, 9.17) is 11.6 Å². The summed E-state index contributed by atoms with van der Waals surface area (Å²) >= 11 is 5.97. The van der Waals surface area contributed by atoms with Gasteiger partial charge in [-0.15, -0.1) is 10.2 Å². The van der Waals surface area contributed by atoms with Gasteiger partial charge in [-0.3, -0.25) is 4.21 Å². The lowest BCUT2D eigenvalue weighted by atomic mass is 9.96. The van der Waals surface area contributed by atoms with Gasteiger partial charge in [-0.2, -0.15) is 0 Å². The second kappa shape index (κ2) is 5.27. The average Bonchev–Trinajstić information content (AvgIpc) is 2.55. The molecule has 1 atom stereocenters. The molecule has 0 fully saturated rings. The zero-order chi connectivity index (χ0) is 12.3. The third-order valence-corrected chi connectivity index (χ3v) is 3.80. The molecule has 0 amide bonds. The number of aromatic nitrogens is 3. The largest absolute Gasteiger partial charge is 0.300 e. The molecule has 0 spiro atoms. The second-order valence-corrected chi connectivity index (χ2v) is 6.83. The van der Waals surface area contributed by atoms with Gasteiger partial charge in [0.25, 0.3) is 0 Å². The van der Waals surface area contributed by atoms with Crippen LogP contribution in [0.3, 0.4) is 0 Å². The molecule has 0 saturated carbocycles. The fourth-order valence-corrected chi connectivity index (χ4v) is 2.25. The summed E-state index contributed by atoms with van der Waals surface area (Å²) in [5.41, 5.74) is -0.103. The summed E-state index contributed by atoms with van der Waals surface area (Å²) in [7, 11) is -0.790. The molecular weight excluding hydrogens is 246 g/mol. The third-order valence-electron chi connectivity index (χ3n) is 2.24. The molecule has 1 aromatic rings. The Balaban J connectivity index is 2.86. The molecule has 6 heteroatoms. The fraction of sp³-hybridized carbons (Fsp3) is 0.800. The molecule has 0 aromatic carbocycles. The summed E-state index contributed by atoms with van der Waals surface area (Å²) in [5, 5.41) is 8.31. The molecule has 0 aliphatic rings. The van der Waals surface area contributed by atoms with Crippen molar-refractivity contribution in [2.75, 3.05) is 11.5 Å². The van der Waals surface area contributed by atoms with E-state index in [1.165, 1.54) is 0 Å². The van der Waals surface area contributed by atoms with Gasteiger partial charge in [0, 0.05) is 34.3 Å². The topological polar surface area (TPSA) is 47.8 Å². The highest BCUT2D eigenvalue weighted by Crippen LogP contribution is 2.22. The van der Waals surface area contributed by atoms with Crippen LogP contribution in [-0.2, 0) is 22.8 Å². The summed E-state index contributed by atoms with van der Waals surface area (Å²) < 4.78 is 13.2. The normalized spacial score (nSPS) is 14.1. The van der Waals surface area contributed by atoms with E-state index in [1.807, 2.05) is 11.5 Å². The minimum absolute atomic E-state index is 0.103. The maximum Gasteiger partial charge on any atom is 0.225 e. The lowest BCUT2D eigenvalue weighted by molar-refractivity contribution is 0.505. The molecule has 1 unspecified atom stereocenters.